The van der Waals surface area contributed by atoms with Crippen LogP contribution in [-0.2, 0) is 27.7 Å². The molecule has 13 heteroatoms. The van der Waals surface area contributed by atoms with E-state index >= 15 is 0 Å². The number of hydrogen-bond acceptors (Lipinski definition) is 9. The van der Waals surface area contributed by atoms with Crippen LogP contribution in [0.25, 0.3) is 0 Å². The summed E-state index contributed by atoms with van der Waals surface area (Å²) in [4.78, 5) is 25.2. The Hall–Kier alpha value is -4.10. The second-order valence-corrected chi connectivity index (χ2v) is 11.9. The molecule has 3 aliphatic heterocycles. The molecular formula is C31H36F3N7O3. The highest BCUT2D eigenvalue weighted by molar-refractivity contribution is 6.06. The van der Waals surface area contributed by atoms with Crippen LogP contribution in [0.15, 0.2) is 42.6 Å². The van der Waals surface area contributed by atoms with Crippen molar-refractivity contribution in [2.75, 3.05) is 60.2 Å². The second kappa shape index (κ2) is 11.8. The number of piperidine rings is 1. The monoisotopic (exact) mass is 611 g/mol. The Labute approximate surface area is 253 Å². The molecule has 44 heavy (non-hydrogen) atoms. The maximum atomic E-state index is 13.9. The number of nitrogens with zero attached hydrogens (tertiary/aromatic N) is 4. The Balaban J connectivity index is 1.16. The van der Waals surface area contributed by atoms with Crippen LogP contribution < -0.4 is 20.9 Å². The van der Waals surface area contributed by atoms with Gasteiger partial charge in [0, 0.05) is 62.4 Å². The predicted octanol–water partition coefficient (Wildman–Crippen LogP) is 5.09. The fourth-order valence-electron chi connectivity index (χ4n) is 6.32. The number of aromatic hydroxyl groups is 1. The molecule has 0 atom stereocenters. The van der Waals surface area contributed by atoms with E-state index in [1.54, 1.807) is 44.2 Å². The van der Waals surface area contributed by atoms with Gasteiger partial charge in [0.25, 0.3) is 0 Å². The molecule has 4 N–H and O–H groups in total. The van der Waals surface area contributed by atoms with Crippen molar-refractivity contribution >= 4 is 34.7 Å². The fraction of sp³-hybridized carbons (Fsp3) is 0.452. The Kier molecular flexibility index (Phi) is 8.01. The van der Waals surface area contributed by atoms with Crippen molar-refractivity contribution in [3.05, 3.63) is 59.3 Å². The highest BCUT2D eigenvalue weighted by atomic mass is 19.4. The third-order valence-corrected chi connectivity index (χ3v) is 8.75. The molecule has 3 aromatic rings. The van der Waals surface area contributed by atoms with E-state index in [0.29, 0.717) is 23.5 Å². The van der Waals surface area contributed by atoms with Crippen molar-refractivity contribution in [3.63, 3.8) is 0 Å². The number of halogens is 3. The summed E-state index contributed by atoms with van der Waals surface area (Å²) >= 11 is 0. The molecule has 0 bridgehead atoms. The van der Waals surface area contributed by atoms with Crippen LogP contribution in [0.4, 0.5) is 42.0 Å². The number of fused-ring (bicyclic) bond motifs is 1. The number of aromatic nitrogens is 2. The first kappa shape index (κ1) is 29.9. The third kappa shape index (κ3) is 5.98. The quantitative estimate of drug-likeness (QED) is 0.272. The molecular weight excluding hydrogens is 575 g/mol. The van der Waals surface area contributed by atoms with Crippen LogP contribution in [0.5, 0.6) is 5.75 Å². The Bertz CT molecular complexity index is 1530. The third-order valence-electron chi connectivity index (χ3n) is 8.75. The smallest absolute Gasteiger partial charge is 0.421 e. The molecule has 0 saturated carbocycles. The van der Waals surface area contributed by atoms with Crippen LogP contribution in [0.2, 0.25) is 0 Å². The average Bonchev–Trinajstić information content (AvgIpc) is 3.25. The number of alkyl halides is 3. The average molecular weight is 612 g/mol. The molecule has 0 radical (unpaired) electrons. The lowest BCUT2D eigenvalue weighted by atomic mass is 9.83. The molecule has 6 rings (SSSR count). The standard InChI is InChI=1S/C31H36F3N7O3/c1-30(2)26-19(4-3-5-24(26)37-28(30)43)17-35-27-22(31(32,33)34)18-36-29(39-27)38-23-7-6-21(16-25(23)42)40-10-8-20(9-11-40)41-12-14-44-15-13-41/h3-7,16,18,20,42H,8-15,17H2,1-2H3,(H,37,43)(H2,35,36,38,39). The lowest BCUT2D eigenvalue weighted by Crippen LogP contribution is -2.49. The van der Waals surface area contributed by atoms with Crippen LogP contribution in [0.3, 0.4) is 0 Å². The Morgan fingerprint density at radius 1 is 1.11 bits per heavy atom. The Morgan fingerprint density at radius 2 is 1.86 bits per heavy atom. The molecule has 1 aromatic heterocycles. The summed E-state index contributed by atoms with van der Waals surface area (Å²) in [6.07, 6.45) is -1.94. The normalized spacial score (nSPS) is 19.0. The van der Waals surface area contributed by atoms with Gasteiger partial charge in [-0.3, -0.25) is 9.69 Å². The van der Waals surface area contributed by atoms with Crippen molar-refractivity contribution in [2.45, 2.75) is 50.9 Å². The zero-order chi connectivity index (χ0) is 31.1. The molecule has 4 heterocycles. The van der Waals surface area contributed by atoms with Crippen molar-refractivity contribution in [2.24, 2.45) is 0 Å². The zero-order valence-electron chi connectivity index (χ0n) is 24.7. The van der Waals surface area contributed by atoms with Gasteiger partial charge in [-0.05, 0) is 56.0 Å². The highest BCUT2D eigenvalue weighted by Crippen LogP contribution is 2.41. The van der Waals surface area contributed by atoms with E-state index in [-0.39, 0.29) is 29.8 Å². The largest absolute Gasteiger partial charge is 0.506 e. The van der Waals surface area contributed by atoms with Crippen molar-refractivity contribution in [3.8, 4) is 5.75 Å². The maximum absolute atomic E-state index is 13.9. The van der Waals surface area contributed by atoms with E-state index < -0.39 is 23.0 Å². The van der Waals surface area contributed by atoms with E-state index in [1.807, 2.05) is 6.07 Å². The van der Waals surface area contributed by atoms with Gasteiger partial charge in [-0.1, -0.05) is 12.1 Å². The number of carbonyl (C=O) groups excluding carboxylic acids is 1. The number of phenolic OH excluding ortho intramolecular Hbond substituents is 1. The molecule has 2 fully saturated rings. The van der Waals surface area contributed by atoms with E-state index in [0.717, 1.165) is 63.5 Å². The molecule has 1 amide bonds. The fourth-order valence-corrected chi connectivity index (χ4v) is 6.32. The topological polar surface area (TPSA) is 115 Å². The lowest BCUT2D eigenvalue weighted by molar-refractivity contribution is -0.137. The number of morpholine rings is 1. The number of carbonyl (C=O) groups is 1. The summed E-state index contributed by atoms with van der Waals surface area (Å²) in [6.45, 7) is 8.73. The van der Waals surface area contributed by atoms with Gasteiger partial charge in [-0.2, -0.15) is 18.2 Å². The van der Waals surface area contributed by atoms with Gasteiger partial charge >= 0.3 is 6.18 Å². The number of anilines is 5. The molecule has 3 aliphatic rings. The van der Waals surface area contributed by atoms with Crippen LogP contribution in [0, 0.1) is 0 Å². The summed E-state index contributed by atoms with van der Waals surface area (Å²) < 4.78 is 47.2. The van der Waals surface area contributed by atoms with Crippen molar-refractivity contribution in [1.29, 1.82) is 0 Å². The summed E-state index contributed by atoms with van der Waals surface area (Å²) in [6, 6.07) is 11.0. The summed E-state index contributed by atoms with van der Waals surface area (Å²) in [5, 5.41) is 19.3. The number of nitrogens with one attached hydrogen (secondary N) is 3. The van der Waals surface area contributed by atoms with Gasteiger partial charge in [-0.25, -0.2) is 4.98 Å². The van der Waals surface area contributed by atoms with Gasteiger partial charge in [-0.15, -0.1) is 0 Å². The van der Waals surface area contributed by atoms with E-state index in [2.05, 4.69) is 35.7 Å². The van der Waals surface area contributed by atoms with Crippen molar-refractivity contribution < 1.29 is 27.8 Å². The maximum Gasteiger partial charge on any atom is 0.421 e. The van der Waals surface area contributed by atoms with E-state index in [1.165, 1.54) is 0 Å². The Morgan fingerprint density at radius 3 is 2.57 bits per heavy atom. The second-order valence-electron chi connectivity index (χ2n) is 11.9. The minimum Gasteiger partial charge on any atom is -0.506 e. The molecule has 0 aliphatic carbocycles. The van der Waals surface area contributed by atoms with Gasteiger partial charge in [0.15, 0.2) is 0 Å². The van der Waals surface area contributed by atoms with Gasteiger partial charge in [0.1, 0.15) is 17.1 Å². The van der Waals surface area contributed by atoms with Crippen molar-refractivity contribution in [1.82, 2.24) is 14.9 Å². The first-order valence-corrected chi connectivity index (χ1v) is 14.8. The lowest BCUT2D eigenvalue weighted by Gasteiger charge is -2.40. The first-order valence-electron chi connectivity index (χ1n) is 14.8. The number of hydrogen-bond donors (Lipinski definition) is 4. The minimum atomic E-state index is -4.70. The minimum absolute atomic E-state index is 0.00325. The zero-order valence-corrected chi connectivity index (χ0v) is 24.7. The summed E-state index contributed by atoms with van der Waals surface area (Å²) in [5.74, 6) is -0.755. The molecule has 0 unspecified atom stereocenters. The number of ether oxygens (including phenoxy) is 1. The summed E-state index contributed by atoms with van der Waals surface area (Å²) in [5.41, 5.74) is 1.33. The van der Waals surface area contributed by atoms with Gasteiger partial charge in [0.2, 0.25) is 11.9 Å². The SMILES string of the molecule is CC1(C)C(=O)Nc2cccc(CNc3nc(Nc4ccc(N5CCC(N6CCOCC6)CC5)cc4O)ncc3C(F)(F)F)c21. The molecule has 10 nitrogen and oxygen atoms in total. The van der Waals surface area contributed by atoms with Gasteiger partial charge in [0.05, 0.1) is 24.3 Å². The molecule has 2 saturated heterocycles. The number of benzene rings is 2. The molecule has 0 spiro atoms. The van der Waals surface area contributed by atoms with Gasteiger partial charge < -0.3 is 30.7 Å². The highest BCUT2D eigenvalue weighted by Gasteiger charge is 2.40. The number of rotatable bonds is 7. The molecule has 234 valence electrons. The van der Waals surface area contributed by atoms with Crippen LogP contribution >= 0.6 is 0 Å². The number of phenols is 1. The molecule has 2 aromatic carbocycles. The number of amides is 1. The summed E-state index contributed by atoms with van der Waals surface area (Å²) in [7, 11) is 0. The van der Waals surface area contributed by atoms with Crippen LogP contribution in [-0.4, -0.2) is 71.3 Å². The first-order chi connectivity index (χ1) is 21.0. The van der Waals surface area contributed by atoms with E-state index in [9.17, 15) is 23.1 Å². The predicted molar refractivity (Wildman–Crippen MR) is 161 cm³/mol. The van der Waals surface area contributed by atoms with E-state index in [4.69, 9.17) is 4.74 Å². The van der Waals surface area contributed by atoms with Crippen LogP contribution in [0.1, 0.15) is 43.4 Å².